The van der Waals surface area contributed by atoms with Crippen LogP contribution in [0.1, 0.15) is 23.8 Å². The lowest BCUT2D eigenvalue weighted by molar-refractivity contribution is 0.414. The summed E-state index contributed by atoms with van der Waals surface area (Å²) in [6, 6.07) is 3.62. The summed E-state index contributed by atoms with van der Waals surface area (Å²) in [5.74, 6) is 0.989. The summed E-state index contributed by atoms with van der Waals surface area (Å²) in [7, 11) is -1.42. The first-order chi connectivity index (χ1) is 8.60. The molecule has 3 heterocycles. The average molecular weight is 266 g/mol. The van der Waals surface area contributed by atoms with Gasteiger partial charge in [0.1, 0.15) is 16.6 Å². The molecule has 0 radical (unpaired) electrons. The van der Waals surface area contributed by atoms with Crippen LogP contribution in [-0.4, -0.2) is 30.7 Å². The molecule has 0 aromatic carbocycles. The molecule has 2 aromatic rings. The molecule has 0 saturated carbocycles. The van der Waals surface area contributed by atoms with Crippen molar-refractivity contribution < 1.29 is 13.2 Å². The van der Waals surface area contributed by atoms with Crippen LogP contribution in [0.4, 0.5) is 0 Å². The zero-order valence-electron chi connectivity index (χ0n) is 10.0. The first-order valence-corrected chi connectivity index (χ1v) is 7.56. The molecule has 1 aliphatic heterocycles. The van der Waals surface area contributed by atoms with E-state index in [1.54, 1.807) is 19.4 Å². The highest BCUT2D eigenvalue weighted by atomic mass is 32.2. The number of methoxy groups -OCH3 is 1. The molecule has 0 N–H and O–H groups in total. The molecule has 5 nitrogen and oxygen atoms in total. The van der Waals surface area contributed by atoms with E-state index in [9.17, 15) is 8.42 Å². The van der Waals surface area contributed by atoms with Gasteiger partial charge in [-0.05, 0) is 18.9 Å². The number of ether oxygens (including phenoxy) is 1. The van der Waals surface area contributed by atoms with E-state index >= 15 is 0 Å². The van der Waals surface area contributed by atoms with Crippen LogP contribution in [0.2, 0.25) is 0 Å². The van der Waals surface area contributed by atoms with Crippen LogP contribution in [0.15, 0.2) is 24.5 Å². The Balaban J connectivity index is 2.08. The van der Waals surface area contributed by atoms with Gasteiger partial charge in [-0.2, -0.15) is 0 Å². The normalized spacial score (nSPS) is 22.4. The van der Waals surface area contributed by atoms with Crippen LogP contribution in [0.25, 0.3) is 5.65 Å². The second kappa shape index (κ2) is 3.98. The highest BCUT2D eigenvalue weighted by Gasteiger charge is 2.34. The fourth-order valence-electron chi connectivity index (χ4n) is 2.39. The summed E-state index contributed by atoms with van der Waals surface area (Å²) in [6.45, 7) is 0. The minimum absolute atomic E-state index is 0.273. The topological polar surface area (TPSA) is 60.7 Å². The minimum Gasteiger partial charge on any atom is -0.497 e. The Morgan fingerprint density at radius 3 is 3.00 bits per heavy atom. The molecule has 6 heteroatoms. The second-order valence-electron chi connectivity index (χ2n) is 4.50. The van der Waals surface area contributed by atoms with E-state index in [2.05, 4.69) is 4.98 Å². The van der Waals surface area contributed by atoms with Gasteiger partial charge in [0, 0.05) is 18.5 Å². The largest absolute Gasteiger partial charge is 0.497 e. The third kappa shape index (κ3) is 1.77. The lowest BCUT2D eigenvalue weighted by Crippen LogP contribution is -2.08. The molecule has 0 amide bonds. The molecule has 1 fully saturated rings. The third-order valence-corrected chi connectivity index (χ3v) is 5.55. The van der Waals surface area contributed by atoms with Crippen molar-refractivity contribution in [3.8, 4) is 5.75 Å². The van der Waals surface area contributed by atoms with Crippen molar-refractivity contribution in [2.45, 2.75) is 18.1 Å². The van der Waals surface area contributed by atoms with Gasteiger partial charge in [-0.3, -0.25) is 0 Å². The lowest BCUT2D eigenvalue weighted by atomic mass is 10.2. The molecular weight excluding hydrogens is 252 g/mol. The van der Waals surface area contributed by atoms with Crippen LogP contribution in [0.3, 0.4) is 0 Å². The first-order valence-electron chi connectivity index (χ1n) is 5.84. The van der Waals surface area contributed by atoms with Gasteiger partial charge in [0.2, 0.25) is 0 Å². The van der Waals surface area contributed by atoms with E-state index in [4.69, 9.17) is 4.74 Å². The van der Waals surface area contributed by atoms with Crippen LogP contribution >= 0.6 is 0 Å². The number of sulfone groups is 1. The summed E-state index contributed by atoms with van der Waals surface area (Å²) in [6.07, 6.45) is 5.02. The minimum atomic E-state index is -3.01. The first kappa shape index (κ1) is 11.5. The van der Waals surface area contributed by atoms with Gasteiger partial charge in [-0.1, -0.05) is 0 Å². The summed E-state index contributed by atoms with van der Waals surface area (Å²) >= 11 is 0. The zero-order valence-corrected chi connectivity index (χ0v) is 10.9. The van der Waals surface area contributed by atoms with Crippen LogP contribution in [-0.2, 0) is 9.84 Å². The number of rotatable bonds is 2. The molecule has 18 heavy (non-hydrogen) atoms. The molecule has 0 spiro atoms. The maximum atomic E-state index is 11.9. The third-order valence-electron chi connectivity index (χ3n) is 3.34. The van der Waals surface area contributed by atoms with E-state index in [1.807, 2.05) is 16.7 Å². The van der Waals surface area contributed by atoms with E-state index in [0.29, 0.717) is 23.5 Å². The lowest BCUT2D eigenvalue weighted by Gasteiger charge is -2.03. The molecule has 1 saturated heterocycles. The quantitative estimate of drug-likeness (QED) is 0.828. The van der Waals surface area contributed by atoms with E-state index < -0.39 is 15.1 Å². The van der Waals surface area contributed by atoms with Crippen LogP contribution in [0, 0.1) is 0 Å². The van der Waals surface area contributed by atoms with Gasteiger partial charge in [0.05, 0.1) is 18.6 Å². The van der Waals surface area contributed by atoms with Gasteiger partial charge < -0.3 is 9.14 Å². The molecule has 3 rings (SSSR count). The molecule has 1 atom stereocenters. The van der Waals surface area contributed by atoms with Gasteiger partial charge in [0.15, 0.2) is 9.84 Å². The highest BCUT2D eigenvalue weighted by molar-refractivity contribution is 7.91. The van der Waals surface area contributed by atoms with Crippen molar-refractivity contribution in [3.05, 3.63) is 30.2 Å². The van der Waals surface area contributed by atoms with Gasteiger partial charge in [-0.25, -0.2) is 13.4 Å². The van der Waals surface area contributed by atoms with Crippen molar-refractivity contribution in [1.82, 2.24) is 9.38 Å². The standard InChI is InChI=1S/C12H14N2O3S/c1-17-9-4-5-14-8-10(13-12(14)7-9)11-3-2-6-18(11,15)16/h4-5,7-8,11H,2-3,6H2,1H3. The molecule has 96 valence electrons. The summed E-state index contributed by atoms with van der Waals surface area (Å²) in [5, 5.41) is -0.441. The Morgan fingerprint density at radius 2 is 2.33 bits per heavy atom. The van der Waals surface area contributed by atoms with Crippen LogP contribution in [0.5, 0.6) is 5.75 Å². The van der Waals surface area contributed by atoms with Crippen molar-refractivity contribution in [2.75, 3.05) is 12.9 Å². The fraction of sp³-hybridized carbons (Fsp3) is 0.417. The number of pyridine rings is 1. The Hall–Kier alpha value is -1.56. The highest BCUT2D eigenvalue weighted by Crippen LogP contribution is 2.34. The molecule has 0 bridgehead atoms. The Kier molecular flexibility index (Phi) is 2.55. The number of nitrogens with zero attached hydrogens (tertiary/aromatic N) is 2. The average Bonchev–Trinajstić information content (AvgIpc) is 2.90. The number of fused-ring (bicyclic) bond motifs is 1. The Bertz CT molecular complexity index is 690. The van der Waals surface area contributed by atoms with Crippen molar-refractivity contribution in [3.63, 3.8) is 0 Å². The van der Waals surface area contributed by atoms with E-state index in [0.717, 1.165) is 6.42 Å². The molecule has 1 unspecified atom stereocenters. The summed E-state index contributed by atoms with van der Waals surface area (Å²) in [4.78, 5) is 4.40. The Labute approximate surface area is 105 Å². The van der Waals surface area contributed by atoms with Gasteiger partial charge >= 0.3 is 0 Å². The smallest absolute Gasteiger partial charge is 0.158 e. The van der Waals surface area contributed by atoms with Crippen LogP contribution < -0.4 is 4.74 Å². The summed E-state index contributed by atoms with van der Waals surface area (Å²) < 4.78 is 30.7. The fourth-order valence-corrected chi connectivity index (χ4v) is 4.25. The maximum Gasteiger partial charge on any atom is 0.158 e. The predicted octanol–water partition coefficient (Wildman–Crippen LogP) is 1.59. The number of imidazole rings is 1. The van der Waals surface area contributed by atoms with E-state index in [1.165, 1.54) is 0 Å². The number of hydrogen-bond donors (Lipinski definition) is 0. The summed E-state index contributed by atoms with van der Waals surface area (Å²) in [5.41, 5.74) is 1.35. The van der Waals surface area contributed by atoms with Crippen molar-refractivity contribution in [1.29, 1.82) is 0 Å². The molecule has 2 aromatic heterocycles. The van der Waals surface area contributed by atoms with Gasteiger partial charge in [0.25, 0.3) is 0 Å². The van der Waals surface area contributed by atoms with Crippen molar-refractivity contribution in [2.24, 2.45) is 0 Å². The molecular formula is C12H14N2O3S. The Morgan fingerprint density at radius 1 is 1.50 bits per heavy atom. The van der Waals surface area contributed by atoms with Gasteiger partial charge in [-0.15, -0.1) is 0 Å². The zero-order chi connectivity index (χ0) is 12.8. The second-order valence-corrected chi connectivity index (χ2v) is 6.80. The maximum absolute atomic E-state index is 11.9. The van der Waals surface area contributed by atoms with E-state index in [-0.39, 0.29) is 5.75 Å². The number of aromatic nitrogens is 2. The number of hydrogen-bond acceptors (Lipinski definition) is 4. The SMILES string of the molecule is COc1ccn2cc(C3CCCS3(=O)=O)nc2c1. The molecule has 0 aliphatic carbocycles. The monoisotopic (exact) mass is 266 g/mol. The van der Waals surface area contributed by atoms with Crippen molar-refractivity contribution >= 4 is 15.5 Å². The molecule has 1 aliphatic rings. The predicted molar refractivity (Wildman–Crippen MR) is 67.5 cm³/mol.